The Hall–Kier alpha value is -3.88. The summed E-state index contributed by atoms with van der Waals surface area (Å²) >= 11 is 6.15. The number of ether oxygens (including phenoxy) is 1. The molecule has 4 aromatic rings. The standard InChI is InChI=1S/C26H22ClN3O4S/c1-34-25-15-14-21(27)16-24(25)30(35(32,33)22-11-3-2-4-12-22)18-26(31)29-28-17-20-10-7-9-19-8-5-6-13-23(19)20/h2-17H,18H2,1H3,(H,29,31)/b28-17-. The maximum absolute atomic E-state index is 13.5. The third kappa shape index (κ3) is 5.45. The van der Waals surface area contributed by atoms with Crippen molar-refractivity contribution in [3.8, 4) is 5.75 Å². The second-order valence-corrected chi connectivity index (χ2v) is 9.80. The molecule has 0 radical (unpaired) electrons. The van der Waals surface area contributed by atoms with Crippen LogP contribution in [0.25, 0.3) is 10.8 Å². The summed E-state index contributed by atoms with van der Waals surface area (Å²) in [5.41, 5.74) is 3.37. The lowest BCUT2D eigenvalue weighted by atomic mass is 10.1. The number of halogens is 1. The molecule has 7 nitrogen and oxygen atoms in total. The van der Waals surface area contributed by atoms with Crippen molar-refractivity contribution in [1.82, 2.24) is 5.43 Å². The minimum atomic E-state index is -4.12. The highest BCUT2D eigenvalue weighted by atomic mass is 35.5. The van der Waals surface area contributed by atoms with Crippen molar-refractivity contribution in [3.63, 3.8) is 0 Å². The summed E-state index contributed by atoms with van der Waals surface area (Å²) in [6.45, 7) is -0.541. The Kier molecular flexibility index (Phi) is 7.33. The minimum absolute atomic E-state index is 0.0223. The number of sulfonamides is 1. The summed E-state index contributed by atoms with van der Waals surface area (Å²) in [6, 6.07) is 25.9. The topological polar surface area (TPSA) is 88.1 Å². The summed E-state index contributed by atoms with van der Waals surface area (Å²) in [4.78, 5) is 12.9. The number of anilines is 1. The average molecular weight is 508 g/mol. The Labute approximate surface area is 208 Å². The molecule has 35 heavy (non-hydrogen) atoms. The van der Waals surface area contributed by atoms with Gasteiger partial charge < -0.3 is 4.74 Å². The van der Waals surface area contributed by atoms with Gasteiger partial charge in [0.15, 0.2) is 0 Å². The second kappa shape index (κ2) is 10.6. The van der Waals surface area contributed by atoms with E-state index in [1.54, 1.807) is 30.3 Å². The maximum Gasteiger partial charge on any atom is 0.264 e. The van der Waals surface area contributed by atoms with Crippen LogP contribution in [0.4, 0.5) is 5.69 Å². The molecule has 1 N–H and O–H groups in total. The Balaban J connectivity index is 1.63. The lowest BCUT2D eigenvalue weighted by Crippen LogP contribution is -2.39. The van der Waals surface area contributed by atoms with Gasteiger partial charge in [-0.1, -0.05) is 72.3 Å². The van der Waals surface area contributed by atoms with E-state index in [0.717, 1.165) is 20.6 Å². The minimum Gasteiger partial charge on any atom is -0.495 e. The van der Waals surface area contributed by atoms with Crippen LogP contribution in [0.2, 0.25) is 5.02 Å². The number of carbonyl (C=O) groups is 1. The molecule has 178 valence electrons. The van der Waals surface area contributed by atoms with Crippen molar-refractivity contribution in [3.05, 3.63) is 102 Å². The molecule has 0 fully saturated rings. The zero-order valence-electron chi connectivity index (χ0n) is 18.8. The first kappa shape index (κ1) is 24.3. The highest BCUT2D eigenvalue weighted by molar-refractivity contribution is 7.92. The van der Waals surface area contributed by atoms with Crippen LogP contribution in [0.5, 0.6) is 5.75 Å². The van der Waals surface area contributed by atoms with Gasteiger partial charge in [0.1, 0.15) is 12.3 Å². The number of hydrogen-bond donors (Lipinski definition) is 1. The van der Waals surface area contributed by atoms with Gasteiger partial charge in [0.05, 0.1) is 23.9 Å². The average Bonchev–Trinajstić information content (AvgIpc) is 2.88. The van der Waals surface area contributed by atoms with Crippen LogP contribution in [0.15, 0.2) is 101 Å². The number of fused-ring (bicyclic) bond motifs is 1. The summed E-state index contributed by atoms with van der Waals surface area (Å²) < 4.78 is 33.3. The molecule has 1 amide bonds. The molecule has 0 aliphatic heterocycles. The van der Waals surface area contributed by atoms with E-state index in [4.69, 9.17) is 16.3 Å². The predicted molar refractivity (Wildman–Crippen MR) is 139 cm³/mol. The van der Waals surface area contributed by atoms with Crippen molar-refractivity contribution < 1.29 is 17.9 Å². The van der Waals surface area contributed by atoms with Crippen LogP contribution in [0, 0.1) is 0 Å². The highest BCUT2D eigenvalue weighted by Crippen LogP contribution is 2.34. The van der Waals surface area contributed by atoms with Gasteiger partial charge in [-0.25, -0.2) is 13.8 Å². The molecule has 0 unspecified atom stereocenters. The fourth-order valence-electron chi connectivity index (χ4n) is 3.58. The van der Waals surface area contributed by atoms with Gasteiger partial charge in [0, 0.05) is 10.6 Å². The first-order valence-corrected chi connectivity index (χ1v) is 12.4. The smallest absolute Gasteiger partial charge is 0.264 e. The van der Waals surface area contributed by atoms with E-state index in [0.29, 0.717) is 5.02 Å². The van der Waals surface area contributed by atoms with Crippen molar-refractivity contribution in [2.45, 2.75) is 4.90 Å². The Bertz CT molecular complexity index is 1490. The van der Waals surface area contributed by atoms with Gasteiger partial charge in [-0.3, -0.25) is 9.10 Å². The third-order valence-electron chi connectivity index (χ3n) is 5.24. The van der Waals surface area contributed by atoms with Gasteiger partial charge >= 0.3 is 0 Å². The molecule has 4 rings (SSSR count). The molecule has 0 bridgehead atoms. The highest BCUT2D eigenvalue weighted by Gasteiger charge is 2.29. The van der Waals surface area contributed by atoms with Gasteiger partial charge in [-0.2, -0.15) is 5.10 Å². The van der Waals surface area contributed by atoms with Crippen molar-refractivity contribution in [1.29, 1.82) is 0 Å². The molecular formula is C26H22ClN3O4S. The first-order valence-electron chi connectivity index (χ1n) is 10.6. The third-order valence-corrected chi connectivity index (χ3v) is 7.25. The van der Waals surface area contributed by atoms with Crippen LogP contribution >= 0.6 is 11.6 Å². The lowest BCUT2D eigenvalue weighted by molar-refractivity contribution is -0.119. The second-order valence-electron chi connectivity index (χ2n) is 7.50. The molecule has 0 spiro atoms. The SMILES string of the molecule is COc1ccc(Cl)cc1N(CC(=O)N/N=C\c1cccc2ccccc12)S(=O)(=O)c1ccccc1. The van der Waals surface area contributed by atoms with Crippen LogP contribution in [0.3, 0.4) is 0 Å². The molecule has 0 aromatic heterocycles. The normalized spacial score (nSPS) is 11.5. The summed E-state index contributed by atoms with van der Waals surface area (Å²) in [7, 11) is -2.71. The van der Waals surface area contributed by atoms with Crippen LogP contribution in [0.1, 0.15) is 5.56 Å². The zero-order valence-corrected chi connectivity index (χ0v) is 20.3. The number of benzene rings is 4. The number of carbonyl (C=O) groups excluding carboxylic acids is 1. The van der Waals surface area contributed by atoms with Crippen molar-refractivity contribution >= 4 is 50.2 Å². The molecule has 0 heterocycles. The van der Waals surface area contributed by atoms with Crippen LogP contribution < -0.4 is 14.5 Å². The number of hydrogen-bond acceptors (Lipinski definition) is 5. The number of amides is 1. The van der Waals surface area contributed by atoms with Crippen molar-refractivity contribution in [2.75, 3.05) is 18.0 Å². The quantitative estimate of drug-likeness (QED) is 0.273. The Morgan fingerprint density at radius 1 is 1.00 bits per heavy atom. The van der Waals surface area contributed by atoms with Gasteiger partial charge in [-0.15, -0.1) is 0 Å². The Morgan fingerprint density at radius 3 is 2.49 bits per heavy atom. The van der Waals surface area contributed by atoms with E-state index in [1.807, 2.05) is 42.5 Å². The van der Waals surface area contributed by atoms with Gasteiger partial charge in [-0.05, 0) is 41.1 Å². The number of rotatable bonds is 8. The Morgan fingerprint density at radius 2 is 1.71 bits per heavy atom. The molecule has 0 atom stereocenters. The van der Waals surface area contributed by atoms with E-state index in [1.165, 1.54) is 31.5 Å². The van der Waals surface area contributed by atoms with E-state index in [2.05, 4.69) is 10.5 Å². The molecule has 0 aliphatic carbocycles. The van der Waals surface area contributed by atoms with Gasteiger partial charge in [0.2, 0.25) is 0 Å². The zero-order chi connectivity index (χ0) is 24.8. The van der Waals surface area contributed by atoms with Gasteiger partial charge in [0.25, 0.3) is 15.9 Å². The van der Waals surface area contributed by atoms with E-state index >= 15 is 0 Å². The maximum atomic E-state index is 13.5. The molecular weight excluding hydrogens is 486 g/mol. The summed E-state index contributed by atoms with van der Waals surface area (Å²) in [5, 5.41) is 6.36. The number of nitrogens with one attached hydrogen (secondary N) is 1. The molecule has 0 aliphatic rings. The largest absolute Gasteiger partial charge is 0.495 e. The number of nitrogens with zero attached hydrogens (tertiary/aromatic N) is 2. The van der Waals surface area contributed by atoms with Crippen LogP contribution in [-0.2, 0) is 14.8 Å². The molecule has 9 heteroatoms. The van der Waals surface area contributed by atoms with E-state index < -0.39 is 22.5 Å². The number of hydrazone groups is 1. The molecule has 0 saturated heterocycles. The fraction of sp³-hybridized carbons (Fsp3) is 0.0769. The molecule has 4 aromatic carbocycles. The number of methoxy groups -OCH3 is 1. The fourth-order valence-corrected chi connectivity index (χ4v) is 5.19. The lowest BCUT2D eigenvalue weighted by Gasteiger charge is -2.25. The first-order chi connectivity index (χ1) is 16.9. The van der Waals surface area contributed by atoms with Crippen molar-refractivity contribution in [2.24, 2.45) is 5.10 Å². The van der Waals surface area contributed by atoms with E-state index in [9.17, 15) is 13.2 Å². The predicted octanol–water partition coefficient (Wildman–Crippen LogP) is 4.85. The summed E-state index contributed by atoms with van der Waals surface area (Å²) in [6.07, 6.45) is 1.52. The van der Waals surface area contributed by atoms with Crippen LogP contribution in [-0.4, -0.2) is 34.2 Å². The van der Waals surface area contributed by atoms with E-state index in [-0.39, 0.29) is 16.3 Å². The monoisotopic (exact) mass is 507 g/mol. The molecule has 0 saturated carbocycles. The summed E-state index contributed by atoms with van der Waals surface area (Å²) in [5.74, 6) is -0.385.